The molecule has 130 valence electrons. The zero-order valence-corrected chi connectivity index (χ0v) is 16.0. The van der Waals surface area contributed by atoms with Crippen LogP contribution in [0.4, 0.5) is 5.82 Å². The van der Waals surface area contributed by atoms with Crippen molar-refractivity contribution in [3.63, 3.8) is 0 Å². The van der Waals surface area contributed by atoms with Crippen molar-refractivity contribution in [2.45, 2.75) is 32.9 Å². The summed E-state index contributed by atoms with van der Waals surface area (Å²) >= 11 is 3.52. The molecular formula is C19H20BrN3O2. The summed E-state index contributed by atoms with van der Waals surface area (Å²) in [5.41, 5.74) is 1.36. The van der Waals surface area contributed by atoms with Crippen LogP contribution in [0.2, 0.25) is 0 Å². The fraction of sp³-hybridized carbons (Fsp3) is 0.263. The van der Waals surface area contributed by atoms with Gasteiger partial charge in [-0.1, -0.05) is 12.1 Å². The van der Waals surface area contributed by atoms with Crippen LogP contribution in [0.5, 0.6) is 0 Å². The second-order valence-electron chi connectivity index (χ2n) is 6.44. The molecule has 0 fully saturated rings. The largest absolute Gasteiger partial charge is 0.386 e. The molecule has 0 saturated heterocycles. The molecule has 0 bridgehead atoms. The fourth-order valence-corrected chi connectivity index (χ4v) is 3.24. The first-order valence-electron chi connectivity index (χ1n) is 8.08. The van der Waals surface area contributed by atoms with E-state index in [2.05, 4.69) is 37.7 Å². The number of hydrogen-bond donors (Lipinski definition) is 2. The Balaban J connectivity index is 1.84. The topological polar surface area (TPSA) is 67.2 Å². The number of fused-ring (bicyclic) bond motifs is 1. The number of aliphatic hydroxyl groups is 1. The minimum absolute atomic E-state index is 0.234. The molecule has 1 amide bonds. The summed E-state index contributed by atoms with van der Waals surface area (Å²) in [7, 11) is 0. The highest BCUT2D eigenvalue weighted by atomic mass is 79.9. The van der Waals surface area contributed by atoms with Crippen molar-refractivity contribution < 1.29 is 9.90 Å². The maximum Gasteiger partial charge on any atom is 0.256 e. The molecule has 0 aliphatic rings. The quantitative estimate of drug-likeness (QED) is 0.684. The lowest BCUT2D eigenvalue weighted by molar-refractivity contribution is 0.0785. The molecule has 0 saturated carbocycles. The van der Waals surface area contributed by atoms with Crippen molar-refractivity contribution in [1.29, 1.82) is 0 Å². The number of aryl methyl sites for hydroxylation is 1. The van der Waals surface area contributed by atoms with Crippen LogP contribution in [-0.2, 0) is 12.1 Å². The van der Waals surface area contributed by atoms with E-state index < -0.39 is 5.60 Å². The number of hydrogen-bond acceptors (Lipinski definition) is 3. The Hall–Kier alpha value is -2.18. The third-order valence-corrected chi connectivity index (χ3v) is 4.79. The second kappa shape index (κ2) is 6.61. The van der Waals surface area contributed by atoms with Gasteiger partial charge in [-0.15, -0.1) is 0 Å². The highest BCUT2D eigenvalue weighted by Crippen LogP contribution is 2.27. The van der Waals surface area contributed by atoms with E-state index in [0.29, 0.717) is 11.4 Å². The van der Waals surface area contributed by atoms with Crippen LogP contribution in [0.3, 0.4) is 0 Å². The number of amides is 1. The van der Waals surface area contributed by atoms with Crippen molar-refractivity contribution in [3.8, 4) is 0 Å². The lowest BCUT2D eigenvalue weighted by Gasteiger charge is -2.17. The Morgan fingerprint density at radius 3 is 2.60 bits per heavy atom. The molecule has 0 aliphatic carbocycles. The highest BCUT2D eigenvalue weighted by molar-refractivity contribution is 9.10. The van der Waals surface area contributed by atoms with Gasteiger partial charge in [-0.25, -0.2) is 4.98 Å². The Morgan fingerprint density at radius 1 is 1.32 bits per heavy atom. The van der Waals surface area contributed by atoms with Crippen molar-refractivity contribution in [2.75, 3.05) is 5.32 Å². The molecule has 25 heavy (non-hydrogen) atoms. The van der Waals surface area contributed by atoms with Crippen molar-refractivity contribution in [3.05, 3.63) is 58.3 Å². The van der Waals surface area contributed by atoms with E-state index in [1.165, 1.54) is 0 Å². The van der Waals surface area contributed by atoms with E-state index in [1.54, 1.807) is 44.3 Å². The van der Waals surface area contributed by atoms with Gasteiger partial charge in [0.2, 0.25) is 0 Å². The number of rotatable bonds is 4. The summed E-state index contributed by atoms with van der Waals surface area (Å²) in [5.74, 6) is 0.271. The molecule has 6 heteroatoms. The molecule has 0 atom stereocenters. The number of carbonyl (C=O) groups excluding carboxylic acids is 1. The molecule has 0 radical (unpaired) electrons. The van der Waals surface area contributed by atoms with E-state index in [1.807, 2.05) is 12.3 Å². The minimum atomic E-state index is -0.930. The molecule has 0 unspecified atom stereocenters. The lowest BCUT2D eigenvalue weighted by Crippen LogP contribution is -2.17. The Bertz CT molecular complexity index is 924. The second-order valence-corrected chi connectivity index (χ2v) is 7.29. The Morgan fingerprint density at radius 2 is 2.00 bits per heavy atom. The van der Waals surface area contributed by atoms with Crippen molar-refractivity contribution in [1.82, 2.24) is 9.55 Å². The van der Waals surface area contributed by atoms with Crippen LogP contribution < -0.4 is 5.32 Å². The van der Waals surface area contributed by atoms with Crippen LogP contribution in [0.1, 0.15) is 36.7 Å². The predicted molar refractivity (Wildman–Crippen MR) is 103 cm³/mol. The molecule has 3 rings (SSSR count). The predicted octanol–water partition coefficient (Wildman–Crippen LogP) is 4.30. The number of nitrogens with zero attached hydrogens (tertiary/aromatic N) is 2. The van der Waals surface area contributed by atoms with Crippen molar-refractivity contribution in [2.24, 2.45) is 0 Å². The summed E-state index contributed by atoms with van der Waals surface area (Å²) < 4.78 is 3.08. The molecule has 3 aromatic rings. The number of halogens is 1. The normalized spacial score (nSPS) is 11.7. The maximum absolute atomic E-state index is 12.4. The van der Waals surface area contributed by atoms with Gasteiger partial charge in [-0.2, -0.15) is 0 Å². The smallest absolute Gasteiger partial charge is 0.256 e. The number of aromatic nitrogens is 2. The summed E-state index contributed by atoms with van der Waals surface area (Å²) in [6.07, 6.45) is 3.76. The SMILES string of the molecule is CCn1cc(Br)c2cnc(NC(=O)c3ccc(C(C)(C)O)cc3)cc21. The highest BCUT2D eigenvalue weighted by Gasteiger charge is 2.16. The van der Waals surface area contributed by atoms with E-state index in [-0.39, 0.29) is 5.91 Å². The van der Waals surface area contributed by atoms with Crippen LogP contribution in [0.15, 0.2) is 47.2 Å². The Labute approximate surface area is 154 Å². The molecule has 2 heterocycles. The maximum atomic E-state index is 12.4. The molecule has 1 aromatic carbocycles. The van der Waals surface area contributed by atoms with Crippen LogP contribution >= 0.6 is 15.9 Å². The first kappa shape index (κ1) is 17.6. The lowest BCUT2D eigenvalue weighted by atomic mass is 9.97. The van der Waals surface area contributed by atoms with E-state index >= 15 is 0 Å². The number of nitrogens with one attached hydrogen (secondary N) is 1. The number of carbonyl (C=O) groups is 1. The van der Waals surface area contributed by atoms with Gasteiger partial charge < -0.3 is 15.0 Å². The molecule has 0 aliphatic heterocycles. The summed E-state index contributed by atoms with van der Waals surface area (Å²) in [5, 5.41) is 13.8. The molecule has 2 N–H and O–H groups in total. The van der Waals surface area contributed by atoms with Crippen LogP contribution in [-0.4, -0.2) is 20.6 Å². The average molecular weight is 402 g/mol. The number of anilines is 1. The van der Waals surface area contributed by atoms with E-state index in [0.717, 1.165) is 27.5 Å². The van der Waals surface area contributed by atoms with Crippen molar-refractivity contribution >= 4 is 38.6 Å². The third kappa shape index (κ3) is 3.60. The van der Waals surface area contributed by atoms with Gasteiger partial charge >= 0.3 is 0 Å². The van der Waals surface area contributed by atoms with Crippen LogP contribution in [0.25, 0.3) is 10.9 Å². The first-order valence-corrected chi connectivity index (χ1v) is 8.87. The van der Waals surface area contributed by atoms with Gasteiger partial charge in [0.15, 0.2) is 0 Å². The van der Waals surface area contributed by atoms with E-state index in [9.17, 15) is 9.90 Å². The third-order valence-electron chi connectivity index (χ3n) is 4.15. The molecule has 2 aromatic heterocycles. The first-order chi connectivity index (χ1) is 11.8. The zero-order valence-electron chi connectivity index (χ0n) is 14.4. The Kier molecular flexibility index (Phi) is 4.67. The summed E-state index contributed by atoms with van der Waals surface area (Å²) in [6.45, 7) is 6.32. The number of benzene rings is 1. The standard InChI is InChI=1S/C19H20BrN3O2/c1-4-23-11-15(20)14-10-21-17(9-16(14)23)22-18(24)12-5-7-13(8-6-12)19(2,3)25/h5-11,25H,4H2,1-3H3,(H,21,22,24). The minimum Gasteiger partial charge on any atom is -0.386 e. The van der Waals surface area contributed by atoms with Crippen LogP contribution in [0, 0.1) is 0 Å². The molecule has 0 spiro atoms. The van der Waals surface area contributed by atoms with Gasteiger partial charge in [-0.05, 0) is 54.4 Å². The number of pyridine rings is 1. The monoisotopic (exact) mass is 401 g/mol. The van der Waals surface area contributed by atoms with Gasteiger partial charge in [0.05, 0.1) is 11.1 Å². The van der Waals surface area contributed by atoms with Gasteiger partial charge in [-0.3, -0.25) is 4.79 Å². The van der Waals surface area contributed by atoms with E-state index in [4.69, 9.17) is 0 Å². The summed E-state index contributed by atoms with van der Waals surface area (Å²) in [6, 6.07) is 8.78. The fourth-order valence-electron chi connectivity index (χ4n) is 2.69. The molecular weight excluding hydrogens is 382 g/mol. The average Bonchev–Trinajstić information content (AvgIpc) is 2.90. The van der Waals surface area contributed by atoms with Gasteiger partial charge in [0.1, 0.15) is 5.82 Å². The van der Waals surface area contributed by atoms with Gasteiger partial charge in [0, 0.05) is 40.4 Å². The molecule has 5 nitrogen and oxygen atoms in total. The van der Waals surface area contributed by atoms with Gasteiger partial charge in [0.25, 0.3) is 5.91 Å². The zero-order chi connectivity index (χ0) is 18.2. The summed E-state index contributed by atoms with van der Waals surface area (Å²) in [4.78, 5) is 16.8.